The zero-order valence-corrected chi connectivity index (χ0v) is 17.8. The van der Waals surface area contributed by atoms with Gasteiger partial charge in [-0.15, -0.1) is 0 Å². The number of nitriles is 1. The molecule has 6 atom stereocenters. The van der Waals surface area contributed by atoms with Crippen molar-refractivity contribution in [2.45, 2.75) is 65.1 Å². The lowest BCUT2D eigenvalue weighted by Crippen LogP contribution is -2.64. The average molecular weight is 443 g/mol. The molecule has 0 saturated carbocycles. The smallest absolute Gasteiger partial charge is 0.326 e. The van der Waals surface area contributed by atoms with Crippen molar-refractivity contribution >= 4 is 29.8 Å². The van der Waals surface area contributed by atoms with E-state index in [0.29, 0.717) is 0 Å². The molecule has 12 heteroatoms. The summed E-state index contributed by atoms with van der Waals surface area (Å²) in [6.45, 7) is 5.35. The maximum Gasteiger partial charge on any atom is 0.326 e. The van der Waals surface area contributed by atoms with Crippen LogP contribution in [-0.2, 0) is 52.4 Å². The van der Waals surface area contributed by atoms with Crippen LogP contribution in [0.4, 0.5) is 0 Å². The van der Waals surface area contributed by atoms with Crippen molar-refractivity contribution in [3.63, 3.8) is 0 Å². The first-order chi connectivity index (χ1) is 14.5. The van der Waals surface area contributed by atoms with E-state index < -0.39 is 72.9 Å². The molecular formula is C19H25NO11. The molecule has 172 valence electrons. The molecule has 0 radical (unpaired) electrons. The van der Waals surface area contributed by atoms with Crippen LogP contribution in [0.1, 0.15) is 34.6 Å². The molecule has 0 aromatic rings. The maximum atomic E-state index is 12.3. The molecule has 0 unspecified atom stereocenters. The highest BCUT2D eigenvalue weighted by Crippen LogP contribution is 2.33. The number of hydrogen-bond acceptors (Lipinski definition) is 12. The van der Waals surface area contributed by atoms with Crippen molar-refractivity contribution in [3.8, 4) is 6.07 Å². The summed E-state index contributed by atoms with van der Waals surface area (Å²) in [6.07, 6.45) is -7.07. The molecule has 31 heavy (non-hydrogen) atoms. The quantitative estimate of drug-likeness (QED) is 0.359. The Morgan fingerprint density at radius 1 is 0.839 bits per heavy atom. The number of hydrogen-bond donors (Lipinski definition) is 0. The monoisotopic (exact) mass is 443 g/mol. The highest BCUT2D eigenvalue weighted by atomic mass is 16.7. The predicted octanol–water partition coefficient (Wildman–Crippen LogP) is -0.185. The van der Waals surface area contributed by atoms with Crippen molar-refractivity contribution in [2.75, 3.05) is 13.2 Å². The molecule has 0 aliphatic carbocycles. The normalized spacial score (nSPS) is 25.9. The molecule has 1 aliphatic heterocycles. The number of carbonyl (C=O) groups excluding carboxylic acids is 5. The first-order valence-corrected chi connectivity index (χ1v) is 9.38. The second-order valence-electron chi connectivity index (χ2n) is 6.52. The van der Waals surface area contributed by atoms with Gasteiger partial charge in [-0.1, -0.05) is 0 Å². The van der Waals surface area contributed by atoms with E-state index in [1.165, 1.54) is 6.92 Å². The van der Waals surface area contributed by atoms with E-state index in [0.717, 1.165) is 27.7 Å². The summed E-state index contributed by atoms with van der Waals surface area (Å²) in [7, 11) is 0. The van der Waals surface area contributed by atoms with Crippen LogP contribution in [0.5, 0.6) is 0 Å². The highest BCUT2D eigenvalue weighted by molar-refractivity contribution is 5.76. The molecule has 1 fully saturated rings. The number of rotatable bonds is 8. The van der Waals surface area contributed by atoms with Crippen LogP contribution in [0.15, 0.2) is 0 Å². The molecule has 0 aromatic carbocycles. The van der Waals surface area contributed by atoms with Gasteiger partial charge in [0.1, 0.15) is 18.8 Å². The molecule has 0 N–H and O–H groups in total. The lowest BCUT2D eigenvalue weighted by molar-refractivity contribution is -0.258. The second-order valence-corrected chi connectivity index (χ2v) is 6.52. The molecule has 1 rings (SSSR count). The van der Waals surface area contributed by atoms with Gasteiger partial charge in [-0.25, -0.2) is 0 Å². The fourth-order valence-electron chi connectivity index (χ4n) is 3.02. The van der Waals surface area contributed by atoms with Crippen LogP contribution in [0.2, 0.25) is 0 Å². The molecular weight excluding hydrogens is 418 g/mol. The molecule has 0 aromatic heterocycles. The van der Waals surface area contributed by atoms with Gasteiger partial charge in [0, 0.05) is 27.7 Å². The summed E-state index contributed by atoms with van der Waals surface area (Å²) < 4.78 is 31.2. The Bertz CT molecular complexity index is 744. The molecule has 1 heterocycles. The summed E-state index contributed by atoms with van der Waals surface area (Å²) in [5, 5.41) is 9.56. The minimum atomic E-state index is -1.60. The molecule has 1 saturated heterocycles. The van der Waals surface area contributed by atoms with E-state index in [-0.39, 0.29) is 6.61 Å². The third-order valence-corrected chi connectivity index (χ3v) is 4.03. The Morgan fingerprint density at radius 3 is 1.81 bits per heavy atom. The van der Waals surface area contributed by atoms with Crippen molar-refractivity contribution < 1.29 is 52.4 Å². The van der Waals surface area contributed by atoms with Crippen LogP contribution in [0, 0.1) is 17.2 Å². The molecule has 0 amide bonds. The van der Waals surface area contributed by atoms with Crippen LogP contribution < -0.4 is 0 Å². The zero-order chi connectivity index (χ0) is 23.7. The van der Waals surface area contributed by atoms with Gasteiger partial charge in [-0.3, -0.25) is 24.0 Å². The van der Waals surface area contributed by atoms with E-state index in [9.17, 15) is 29.2 Å². The summed E-state index contributed by atoms with van der Waals surface area (Å²) in [5.74, 6) is -5.70. The largest absolute Gasteiger partial charge is 0.465 e. The lowest BCUT2D eigenvalue weighted by atomic mass is 9.87. The summed E-state index contributed by atoms with van der Waals surface area (Å²) >= 11 is 0. The van der Waals surface area contributed by atoms with Gasteiger partial charge in [-0.2, -0.15) is 5.26 Å². The van der Waals surface area contributed by atoms with E-state index in [1.807, 2.05) is 0 Å². The average Bonchev–Trinajstić information content (AvgIpc) is 2.64. The molecule has 0 bridgehead atoms. The fourth-order valence-corrected chi connectivity index (χ4v) is 3.02. The Morgan fingerprint density at radius 2 is 1.35 bits per heavy atom. The maximum absolute atomic E-state index is 12.3. The van der Waals surface area contributed by atoms with Gasteiger partial charge in [0.2, 0.25) is 0 Å². The Kier molecular flexibility index (Phi) is 9.88. The van der Waals surface area contributed by atoms with E-state index >= 15 is 0 Å². The number of ether oxygens (including phenoxy) is 6. The van der Waals surface area contributed by atoms with Crippen molar-refractivity contribution in [1.82, 2.24) is 0 Å². The SMILES string of the molecule is CCOC(=O)[C@@H](C#N)[C@@H]1O[C@H](COC(C)=O)[C@@H](OC(C)=O)[C@H](OC(C)=O)[C@H]1OC(C)=O. The number of nitrogens with zero attached hydrogens (tertiary/aromatic N) is 1. The molecule has 12 nitrogen and oxygen atoms in total. The van der Waals surface area contributed by atoms with Crippen molar-refractivity contribution in [3.05, 3.63) is 0 Å². The summed E-state index contributed by atoms with van der Waals surface area (Å²) in [6, 6.07) is 1.73. The summed E-state index contributed by atoms with van der Waals surface area (Å²) in [4.78, 5) is 58.7. The van der Waals surface area contributed by atoms with Gasteiger partial charge in [-0.05, 0) is 6.92 Å². The van der Waals surface area contributed by atoms with Gasteiger partial charge in [0.25, 0.3) is 0 Å². The van der Waals surface area contributed by atoms with Crippen LogP contribution in [0.3, 0.4) is 0 Å². The zero-order valence-electron chi connectivity index (χ0n) is 17.8. The minimum absolute atomic E-state index is 0.0394. The van der Waals surface area contributed by atoms with E-state index in [2.05, 4.69) is 0 Å². The second kappa shape index (κ2) is 11.8. The minimum Gasteiger partial charge on any atom is -0.465 e. The highest BCUT2D eigenvalue weighted by Gasteiger charge is 2.55. The van der Waals surface area contributed by atoms with Gasteiger partial charge in [0.15, 0.2) is 24.2 Å². The Labute approximate surface area is 178 Å². The van der Waals surface area contributed by atoms with Gasteiger partial charge >= 0.3 is 29.8 Å². The fraction of sp³-hybridized carbons (Fsp3) is 0.684. The van der Waals surface area contributed by atoms with Gasteiger partial charge < -0.3 is 28.4 Å². The predicted molar refractivity (Wildman–Crippen MR) is 97.7 cm³/mol. The standard InChI is InChI=1S/C19H25NO11/c1-6-26-19(25)13(7-20)15-17(29-11(4)23)18(30-12(5)24)16(28-10(3)22)14(31-15)8-27-9(2)21/h13-18H,6,8H2,1-5H3/t13-,14+,15-,16+,17-,18-/m0/s1. The van der Waals surface area contributed by atoms with E-state index in [1.54, 1.807) is 6.07 Å². The third-order valence-electron chi connectivity index (χ3n) is 4.03. The number of carbonyl (C=O) groups is 5. The van der Waals surface area contributed by atoms with Crippen LogP contribution in [-0.4, -0.2) is 73.6 Å². The first kappa shape index (κ1) is 25.8. The van der Waals surface area contributed by atoms with Crippen molar-refractivity contribution in [2.24, 2.45) is 5.92 Å². The molecule has 0 spiro atoms. The van der Waals surface area contributed by atoms with Crippen LogP contribution in [0.25, 0.3) is 0 Å². The Hall–Kier alpha value is -3.20. The van der Waals surface area contributed by atoms with E-state index in [4.69, 9.17) is 28.4 Å². The lowest BCUT2D eigenvalue weighted by Gasteiger charge is -2.45. The Balaban J connectivity index is 3.50. The number of esters is 5. The summed E-state index contributed by atoms with van der Waals surface area (Å²) in [5.41, 5.74) is 0. The third kappa shape index (κ3) is 7.53. The topological polar surface area (TPSA) is 165 Å². The van der Waals surface area contributed by atoms with Crippen molar-refractivity contribution in [1.29, 1.82) is 5.26 Å². The molecule has 1 aliphatic rings. The van der Waals surface area contributed by atoms with Crippen LogP contribution >= 0.6 is 0 Å². The first-order valence-electron chi connectivity index (χ1n) is 9.38. The van der Waals surface area contributed by atoms with Gasteiger partial charge in [0.05, 0.1) is 12.7 Å².